The SMILES string of the molecule is CCOC(=O)[C@@H]1CCN(Cc2cc(C#N)c3oc(-c4cccc(-c5cccc(/C=C/c6cc(OC)c(CN7CC[C@@H](O)C7)cc6C(F)(F)F)c5C)c4C)nc3c2)C1. The second-order valence-electron chi connectivity index (χ2n) is 14.9. The number of aliphatic hydroxyl groups excluding tert-OH is 1. The highest BCUT2D eigenvalue weighted by molar-refractivity contribution is 5.86. The van der Waals surface area contributed by atoms with Crippen LogP contribution in [0.3, 0.4) is 0 Å². The highest BCUT2D eigenvalue weighted by atomic mass is 19.4. The molecule has 57 heavy (non-hydrogen) atoms. The number of hydrogen-bond acceptors (Lipinski definition) is 9. The minimum atomic E-state index is -4.59. The molecule has 3 heterocycles. The molecule has 12 heteroatoms. The minimum absolute atomic E-state index is 0.00954. The summed E-state index contributed by atoms with van der Waals surface area (Å²) in [4.78, 5) is 21.2. The number of alkyl halides is 3. The lowest BCUT2D eigenvalue weighted by atomic mass is 9.91. The molecule has 2 aliphatic rings. The number of oxazole rings is 1. The molecule has 9 nitrogen and oxygen atoms in total. The van der Waals surface area contributed by atoms with Crippen LogP contribution >= 0.6 is 0 Å². The predicted molar refractivity (Wildman–Crippen MR) is 212 cm³/mol. The number of hydrogen-bond donors (Lipinski definition) is 1. The van der Waals surface area contributed by atoms with Crippen molar-refractivity contribution in [1.82, 2.24) is 14.8 Å². The van der Waals surface area contributed by atoms with E-state index < -0.39 is 17.8 Å². The molecule has 0 amide bonds. The molecule has 0 bridgehead atoms. The number of likely N-dealkylation sites (tertiary alicyclic amines) is 2. The first kappa shape index (κ1) is 39.7. The Morgan fingerprint density at radius 3 is 2.37 bits per heavy atom. The van der Waals surface area contributed by atoms with E-state index in [-0.39, 0.29) is 24.0 Å². The summed E-state index contributed by atoms with van der Waals surface area (Å²) in [5.41, 5.74) is 6.95. The summed E-state index contributed by atoms with van der Waals surface area (Å²) in [6.45, 7) is 9.22. The summed E-state index contributed by atoms with van der Waals surface area (Å²) in [6.07, 6.45) is -0.599. The second-order valence-corrected chi connectivity index (χ2v) is 14.9. The molecule has 296 valence electrons. The number of ether oxygens (including phenoxy) is 2. The Balaban J connectivity index is 1.17. The van der Waals surface area contributed by atoms with E-state index in [0.717, 1.165) is 58.0 Å². The zero-order chi connectivity index (χ0) is 40.4. The third kappa shape index (κ3) is 8.47. The quantitative estimate of drug-likeness (QED) is 0.104. The largest absolute Gasteiger partial charge is 0.496 e. The maximum absolute atomic E-state index is 14.5. The molecule has 0 radical (unpaired) electrons. The number of carbonyl (C=O) groups excluding carboxylic acids is 1. The van der Waals surface area contributed by atoms with E-state index in [1.807, 2.05) is 67.3 Å². The summed E-state index contributed by atoms with van der Waals surface area (Å²) in [6, 6.07) is 20.1. The lowest BCUT2D eigenvalue weighted by molar-refractivity contribution is -0.147. The molecule has 1 N–H and O–H groups in total. The Morgan fingerprint density at radius 2 is 1.67 bits per heavy atom. The van der Waals surface area contributed by atoms with Crippen LogP contribution in [0.1, 0.15) is 64.3 Å². The van der Waals surface area contributed by atoms with Crippen LogP contribution in [0.4, 0.5) is 13.2 Å². The average Bonchev–Trinajstić information content (AvgIpc) is 3.94. The van der Waals surface area contributed by atoms with Crippen LogP contribution in [0.15, 0.2) is 65.1 Å². The predicted octanol–water partition coefficient (Wildman–Crippen LogP) is 8.80. The van der Waals surface area contributed by atoms with E-state index in [1.165, 1.54) is 19.3 Å². The van der Waals surface area contributed by atoms with Crippen LogP contribution in [0.5, 0.6) is 5.75 Å². The number of esters is 1. The van der Waals surface area contributed by atoms with Gasteiger partial charge < -0.3 is 19.0 Å². The summed E-state index contributed by atoms with van der Waals surface area (Å²) in [7, 11) is 1.45. The second kappa shape index (κ2) is 16.5. The van der Waals surface area contributed by atoms with Crippen molar-refractivity contribution in [3.05, 3.63) is 105 Å². The van der Waals surface area contributed by atoms with Crippen LogP contribution in [0.25, 0.3) is 45.8 Å². The molecule has 0 unspecified atom stereocenters. The first-order valence-corrected chi connectivity index (χ1v) is 19.2. The van der Waals surface area contributed by atoms with Gasteiger partial charge in [0.15, 0.2) is 5.58 Å². The van der Waals surface area contributed by atoms with Gasteiger partial charge in [-0.2, -0.15) is 18.4 Å². The van der Waals surface area contributed by atoms with Crippen molar-refractivity contribution in [3.8, 4) is 34.4 Å². The van der Waals surface area contributed by atoms with Gasteiger partial charge in [-0.1, -0.05) is 42.5 Å². The zero-order valence-corrected chi connectivity index (χ0v) is 32.4. The van der Waals surface area contributed by atoms with E-state index in [9.17, 15) is 28.3 Å². The number of nitriles is 1. The molecular weight excluding hydrogens is 734 g/mol. The Morgan fingerprint density at radius 1 is 0.965 bits per heavy atom. The van der Waals surface area contributed by atoms with Gasteiger partial charge in [0.2, 0.25) is 5.89 Å². The van der Waals surface area contributed by atoms with Gasteiger partial charge in [0.25, 0.3) is 0 Å². The van der Waals surface area contributed by atoms with Gasteiger partial charge in [-0.15, -0.1) is 0 Å². The number of β-amino-alcohol motifs (C(OH)–C–C–N with tert-alkyl or cyclic N) is 1. The molecule has 2 aliphatic heterocycles. The van der Waals surface area contributed by atoms with Crippen molar-refractivity contribution in [2.24, 2.45) is 5.92 Å². The Bertz CT molecular complexity index is 2380. The molecule has 0 saturated carbocycles. The van der Waals surface area contributed by atoms with Gasteiger partial charge in [0, 0.05) is 43.9 Å². The molecule has 1 aromatic heterocycles. The van der Waals surface area contributed by atoms with Gasteiger partial charge in [0.05, 0.1) is 36.9 Å². The maximum atomic E-state index is 14.5. The topological polar surface area (TPSA) is 112 Å². The highest BCUT2D eigenvalue weighted by Crippen LogP contribution is 2.39. The number of fused-ring (bicyclic) bond motifs is 1. The van der Waals surface area contributed by atoms with Crippen LogP contribution in [-0.4, -0.2) is 71.9 Å². The Labute approximate surface area is 329 Å². The molecule has 2 saturated heterocycles. The Kier molecular flexibility index (Phi) is 11.5. The highest BCUT2D eigenvalue weighted by Gasteiger charge is 2.35. The lowest BCUT2D eigenvalue weighted by Crippen LogP contribution is -2.24. The number of aromatic nitrogens is 1. The number of benzene rings is 4. The number of methoxy groups -OCH3 is 1. The van der Waals surface area contributed by atoms with Gasteiger partial charge in [-0.25, -0.2) is 4.98 Å². The smallest absolute Gasteiger partial charge is 0.417 e. The molecule has 2 atom stereocenters. The molecular formula is C45H45F3N4O5. The fourth-order valence-corrected chi connectivity index (χ4v) is 8.07. The van der Waals surface area contributed by atoms with Crippen molar-refractivity contribution in [1.29, 1.82) is 5.26 Å². The van der Waals surface area contributed by atoms with E-state index >= 15 is 0 Å². The average molecular weight is 779 g/mol. The summed E-state index contributed by atoms with van der Waals surface area (Å²) in [5.74, 6) is 0.385. The van der Waals surface area contributed by atoms with Gasteiger partial charge >= 0.3 is 12.1 Å². The molecule has 7 rings (SSSR count). The number of halogens is 3. The lowest BCUT2D eigenvalue weighted by Gasteiger charge is -2.20. The van der Waals surface area contributed by atoms with Crippen LogP contribution < -0.4 is 4.74 Å². The van der Waals surface area contributed by atoms with Crippen molar-refractivity contribution < 1.29 is 37.0 Å². The molecule has 0 aliphatic carbocycles. The zero-order valence-electron chi connectivity index (χ0n) is 32.4. The third-order valence-corrected chi connectivity index (χ3v) is 11.0. The van der Waals surface area contributed by atoms with Crippen molar-refractivity contribution in [2.75, 3.05) is 39.9 Å². The first-order chi connectivity index (χ1) is 27.4. The number of carbonyl (C=O) groups is 1. The third-order valence-electron chi connectivity index (χ3n) is 11.0. The van der Waals surface area contributed by atoms with Gasteiger partial charge in [-0.05, 0) is 109 Å². The molecule has 5 aromatic rings. The fraction of sp³-hybridized carbons (Fsp3) is 0.356. The normalized spacial score (nSPS) is 17.8. The van der Waals surface area contributed by atoms with E-state index in [2.05, 4.69) is 11.0 Å². The van der Waals surface area contributed by atoms with Crippen molar-refractivity contribution in [2.45, 2.75) is 59.0 Å². The van der Waals surface area contributed by atoms with Crippen LogP contribution in [0, 0.1) is 31.1 Å². The van der Waals surface area contributed by atoms with Crippen LogP contribution in [-0.2, 0) is 28.8 Å². The van der Waals surface area contributed by atoms with E-state index in [0.29, 0.717) is 73.1 Å². The summed E-state index contributed by atoms with van der Waals surface area (Å²) in [5, 5.41) is 20.0. The van der Waals surface area contributed by atoms with Crippen molar-refractivity contribution >= 4 is 29.2 Å². The first-order valence-electron chi connectivity index (χ1n) is 19.2. The standard InChI is InChI=1S/C45H45F3N4O5/c1-5-56-44(54)32-14-16-51(24-32)23-29-18-33(22-49)42-40(19-29)50-43(57-42)38-11-7-10-37(28(38)3)36-9-6-8-30(27(36)2)12-13-31-21-41(55-4)34(20-39(31)45(46,47)48)25-52-17-15-35(53)26-52/h6-13,18-21,32,35,53H,5,14-17,23-26H2,1-4H3/b13-12+/t32-,35-/m1/s1. The molecule has 2 fully saturated rings. The minimum Gasteiger partial charge on any atom is -0.496 e. The maximum Gasteiger partial charge on any atom is 0.417 e. The summed E-state index contributed by atoms with van der Waals surface area (Å²) < 4.78 is 60.4. The number of rotatable bonds is 11. The Hall–Kier alpha value is -5.48. The van der Waals surface area contributed by atoms with E-state index in [1.54, 1.807) is 13.0 Å². The van der Waals surface area contributed by atoms with Gasteiger partial charge in [-0.3, -0.25) is 14.6 Å². The molecule has 4 aromatic carbocycles. The van der Waals surface area contributed by atoms with E-state index in [4.69, 9.17) is 18.9 Å². The van der Waals surface area contributed by atoms with Crippen molar-refractivity contribution in [3.63, 3.8) is 0 Å². The fourth-order valence-electron chi connectivity index (χ4n) is 8.07. The number of aliphatic hydroxyl groups is 1. The van der Waals surface area contributed by atoms with Crippen LogP contribution in [0.2, 0.25) is 0 Å². The van der Waals surface area contributed by atoms with Gasteiger partial charge in [0.1, 0.15) is 17.3 Å². The number of nitrogens with zero attached hydrogens (tertiary/aromatic N) is 4. The summed E-state index contributed by atoms with van der Waals surface area (Å²) >= 11 is 0. The monoisotopic (exact) mass is 778 g/mol. The molecule has 0 spiro atoms.